The van der Waals surface area contributed by atoms with Crippen molar-refractivity contribution in [1.82, 2.24) is 10.2 Å². The fourth-order valence-electron chi connectivity index (χ4n) is 4.66. The molecule has 0 aromatic heterocycles. The Kier molecular flexibility index (Phi) is 7.19. The van der Waals surface area contributed by atoms with Crippen LogP contribution in [0.15, 0.2) is 48.5 Å². The van der Waals surface area contributed by atoms with Crippen LogP contribution in [0.5, 0.6) is 17.2 Å². The second-order valence-electron chi connectivity index (χ2n) is 8.98. The molecule has 34 heavy (non-hydrogen) atoms. The molecule has 1 atom stereocenters. The molecule has 2 aromatic carbocycles. The Morgan fingerprint density at radius 3 is 2.85 bits per heavy atom. The van der Waals surface area contributed by atoms with Gasteiger partial charge in [0.05, 0.1) is 0 Å². The molecular formula is C27H33N3O4. The van der Waals surface area contributed by atoms with E-state index in [1.165, 1.54) is 37.9 Å². The van der Waals surface area contributed by atoms with Gasteiger partial charge in [-0.25, -0.2) is 0 Å². The first kappa shape index (κ1) is 22.6. The third-order valence-corrected chi connectivity index (χ3v) is 6.47. The first-order valence-corrected chi connectivity index (χ1v) is 12.3. The van der Waals surface area contributed by atoms with Crippen LogP contribution < -0.4 is 19.5 Å². The highest BCUT2D eigenvalue weighted by molar-refractivity contribution is 5.93. The summed E-state index contributed by atoms with van der Waals surface area (Å²) in [6, 6.07) is 13.8. The maximum absolute atomic E-state index is 8.30. The lowest BCUT2D eigenvalue weighted by Gasteiger charge is -2.26. The van der Waals surface area contributed by atoms with E-state index in [1.807, 2.05) is 30.3 Å². The SMILES string of the molecule is N=C(/C=C1\NCCc2cc(OCCN3CCCCC3)ccc21)OCC1COc2ccccc2O1. The second kappa shape index (κ2) is 10.8. The average molecular weight is 464 g/mol. The molecule has 3 aliphatic heterocycles. The second-order valence-corrected chi connectivity index (χ2v) is 8.98. The van der Waals surface area contributed by atoms with E-state index >= 15 is 0 Å². The van der Waals surface area contributed by atoms with Gasteiger partial charge in [-0.3, -0.25) is 10.3 Å². The molecule has 2 N–H and O–H groups in total. The molecule has 7 heteroatoms. The van der Waals surface area contributed by atoms with Gasteiger partial charge in [0.1, 0.15) is 25.6 Å². The Balaban J connectivity index is 1.14. The average Bonchev–Trinajstić information content (AvgIpc) is 2.88. The van der Waals surface area contributed by atoms with Crippen molar-refractivity contribution in [3.8, 4) is 17.2 Å². The van der Waals surface area contributed by atoms with Crippen LogP contribution in [0.4, 0.5) is 0 Å². The van der Waals surface area contributed by atoms with Crippen LogP contribution in [0.3, 0.4) is 0 Å². The van der Waals surface area contributed by atoms with Crippen molar-refractivity contribution in [2.75, 3.05) is 46.0 Å². The predicted octanol–water partition coefficient (Wildman–Crippen LogP) is 3.87. The number of fused-ring (bicyclic) bond motifs is 2. The van der Waals surface area contributed by atoms with Crippen LogP contribution in [0.2, 0.25) is 0 Å². The van der Waals surface area contributed by atoms with Crippen molar-refractivity contribution in [2.45, 2.75) is 31.8 Å². The van der Waals surface area contributed by atoms with Gasteiger partial charge in [-0.15, -0.1) is 0 Å². The largest absolute Gasteiger partial charge is 0.492 e. The minimum absolute atomic E-state index is 0.0969. The molecule has 1 fully saturated rings. The fourth-order valence-corrected chi connectivity index (χ4v) is 4.66. The highest BCUT2D eigenvalue weighted by Gasteiger charge is 2.22. The molecule has 0 radical (unpaired) electrons. The number of likely N-dealkylation sites (tertiary alicyclic amines) is 1. The van der Waals surface area contributed by atoms with Gasteiger partial charge in [-0.1, -0.05) is 18.6 Å². The monoisotopic (exact) mass is 463 g/mol. The maximum Gasteiger partial charge on any atom is 0.207 e. The number of rotatable bonds is 7. The van der Waals surface area contributed by atoms with Crippen LogP contribution in [-0.4, -0.2) is 62.9 Å². The molecule has 0 amide bonds. The normalized spacial score (nSPS) is 20.8. The Morgan fingerprint density at radius 2 is 1.97 bits per heavy atom. The van der Waals surface area contributed by atoms with Gasteiger partial charge in [0.25, 0.3) is 0 Å². The molecule has 3 aliphatic rings. The number of ether oxygens (including phenoxy) is 4. The van der Waals surface area contributed by atoms with Gasteiger partial charge in [0.2, 0.25) is 5.90 Å². The molecule has 180 valence electrons. The van der Waals surface area contributed by atoms with E-state index in [-0.39, 0.29) is 18.6 Å². The van der Waals surface area contributed by atoms with Gasteiger partial charge in [-0.05, 0) is 68.2 Å². The van der Waals surface area contributed by atoms with E-state index in [4.69, 9.17) is 24.4 Å². The third-order valence-electron chi connectivity index (χ3n) is 6.47. The van der Waals surface area contributed by atoms with E-state index in [0.717, 1.165) is 48.9 Å². The highest BCUT2D eigenvalue weighted by atomic mass is 16.6. The van der Waals surface area contributed by atoms with Crippen LogP contribution >= 0.6 is 0 Å². The molecule has 0 spiro atoms. The summed E-state index contributed by atoms with van der Waals surface area (Å²) in [6.07, 6.45) is 6.38. The number of benzene rings is 2. The summed E-state index contributed by atoms with van der Waals surface area (Å²) in [5.41, 5.74) is 3.22. The third kappa shape index (κ3) is 5.65. The highest BCUT2D eigenvalue weighted by Crippen LogP contribution is 2.31. The van der Waals surface area contributed by atoms with Crippen LogP contribution in [0, 0.1) is 5.41 Å². The van der Waals surface area contributed by atoms with Gasteiger partial charge in [0, 0.05) is 30.4 Å². The minimum atomic E-state index is -0.245. The number of para-hydroxylation sites is 2. The fraction of sp³-hybridized carbons (Fsp3) is 0.444. The zero-order valence-corrected chi connectivity index (χ0v) is 19.6. The van der Waals surface area contributed by atoms with E-state index in [1.54, 1.807) is 6.08 Å². The minimum Gasteiger partial charge on any atom is -0.492 e. The molecule has 0 saturated carbocycles. The summed E-state index contributed by atoms with van der Waals surface area (Å²) in [4.78, 5) is 2.49. The standard InChI is InChI=1S/C27H33N3O4/c28-27(33-19-22-18-32-25-6-2-3-7-26(25)34-22)17-24-23-9-8-21(16-20(23)10-11-29-24)31-15-14-30-12-4-1-5-13-30/h2-3,6-9,16-17,22,28-29H,1,4-5,10-15,18-19H2/b24-17-,28-27?. The van der Waals surface area contributed by atoms with Crippen LogP contribution in [-0.2, 0) is 11.2 Å². The smallest absolute Gasteiger partial charge is 0.207 e. The van der Waals surface area contributed by atoms with Crippen LogP contribution in [0.25, 0.3) is 5.70 Å². The lowest BCUT2D eigenvalue weighted by Crippen LogP contribution is -2.34. The molecule has 7 nitrogen and oxygen atoms in total. The molecule has 5 rings (SSSR count). The van der Waals surface area contributed by atoms with Crippen molar-refractivity contribution in [1.29, 1.82) is 5.41 Å². The molecule has 1 unspecified atom stereocenters. The number of piperidine rings is 1. The Morgan fingerprint density at radius 1 is 1.12 bits per heavy atom. The summed E-state index contributed by atoms with van der Waals surface area (Å²) >= 11 is 0. The predicted molar refractivity (Wildman–Crippen MR) is 132 cm³/mol. The summed E-state index contributed by atoms with van der Waals surface area (Å²) in [6.45, 7) is 5.56. The van der Waals surface area contributed by atoms with Gasteiger partial charge < -0.3 is 24.3 Å². The number of nitrogens with zero attached hydrogens (tertiary/aromatic N) is 1. The zero-order valence-electron chi connectivity index (χ0n) is 19.6. The lowest BCUT2D eigenvalue weighted by atomic mass is 9.97. The van der Waals surface area contributed by atoms with Crippen molar-refractivity contribution < 1.29 is 18.9 Å². The van der Waals surface area contributed by atoms with E-state index in [9.17, 15) is 0 Å². The van der Waals surface area contributed by atoms with E-state index in [2.05, 4.69) is 22.3 Å². The van der Waals surface area contributed by atoms with Gasteiger partial charge >= 0.3 is 0 Å². The summed E-state index contributed by atoms with van der Waals surface area (Å²) in [5.74, 6) is 2.47. The van der Waals surface area contributed by atoms with Crippen molar-refractivity contribution in [3.05, 3.63) is 59.7 Å². The van der Waals surface area contributed by atoms with E-state index < -0.39 is 0 Å². The topological polar surface area (TPSA) is 76.0 Å². The van der Waals surface area contributed by atoms with Crippen molar-refractivity contribution in [2.24, 2.45) is 0 Å². The Bertz CT molecular complexity index is 1030. The molecule has 1 saturated heterocycles. The molecule has 0 aliphatic carbocycles. The number of nitrogens with one attached hydrogen (secondary N) is 2. The molecule has 0 bridgehead atoms. The van der Waals surface area contributed by atoms with Crippen molar-refractivity contribution in [3.63, 3.8) is 0 Å². The Hall–Kier alpha value is -3.19. The van der Waals surface area contributed by atoms with E-state index in [0.29, 0.717) is 12.4 Å². The van der Waals surface area contributed by atoms with Crippen molar-refractivity contribution >= 4 is 11.6 Å². The zero-order chi connectivity index (χ0) is 23.2. The molecule has 3 heterocycles. The first-order chi connectivity index (χ1) is 16.7. The van der Waals surface area contributed by atoms with Crippen LogP contribution in [0.1, 0.15) is 30.4 Å². The Labute approximate surface area is 201 Å². The van der Waals surface area contributed by atoms with Gasteiger partial charge in [-0.2, -0.15) is 0 Å². The number of hydrogen-bond donors (Lipinski definition) is 2. The van der Waals surface area contributed by atoms with Gasteiger partial charge in [0.15, 0.2) is 17.6 Å². The summed E-state index contributed by atoms with van der Waals surface area (Å²) in [5, 5.41) is 11.7. The number of hydrogen-bond acceptors (Lipinski definition) is 7. The quantitative estimate of drug-likeness (QED) is 0.480. The summed E-state index contributed by atoms with van der Waals surface area (Å²) in [7, 11) is 0. The lowest BCUT2D eigenvalue weighted by molar-refractivity contribution is 0.0500. The summed E-state index contributed by atoms with van der Waals surface area (Å²) < 4.78 is 23.4. The molecular weight excluding hydrogens is 430 g/mol. The first-order valence-electron chi connectivity index (χ1n) is 12.3. The molecule has 2 aromatic rings. The maximum atomic E-state index is 8.30.